The first-order valence-corrected chi connectivity index (χ1v) is 9.22. The Balaban J connectivity index is 2.08. The number of nitrogens with zero attached hydrogens (tertiary/aromatic N) is 2. The highest BCUT2D eigenvalue weighted by Crippen LogP contribution is 2.28. The Kier molecular flexibility index (Phi) is 7.20. The van der Waals surface area contributed by atoms with Crippen LogP contribution in [0.3, 0.4) is 0 Å². The Morgan fingerprint density at radius 2 is 1.96 bits per heavy atom. The van der Waals surface area contributed by atoms with Crippen molar-refractivity contribution in [3.63, 3.8) is 0 Å². The van der Waals surface area contributed by atoms with Gasteiger partial charge in [-0.05, 0) is 45.0 Å². The van der Waals surface area contributed by atoms with E-state index in [4.69, 9.17) is 5.73 Å². The summed E-state index contributed by atoms with van der Waals surface area (Å²) in [5.41, 5.74) is 7.55. The van der Waals surface area contributed by atoms with E-state index in [0.29, 0.717) is 12.8 Å². The van der Waals surface area contributed by atoms with Crippen molar-refractivity contribution in [3.8, 4) is 0 Å². The normalized spacial score (nSPS) is 18.0. The number of carbonyl (C=O) groups is 1. The molecule has 5 nitrogen and oxygen atoms in total. The summed E-state index contributed by atoms with van der Waals surface area (Å²) in [5.74, 6) is -0.321. The van der Waals surface area contributed by atoms with Crippen molar-refractivity contribution in [2.24, 2.45) is 5.73 Å². The highest BCUT2D eigenvalue weighted by molar-refractivity contribution is 5.76. The lowest BCUT2D eigenvalue weighted by Crippen LogP contribution is -2.46. The number of benzene rings is 1. The molecule has 2 rings (SSSR count). The number of anilines is 1. The van der Waals surface area contributed by atoms with Crippen molar-refractivity contribution in [3.05, 3.63) is 29.6 Å². The van der Waals surface area contributed by atoms with E-state index in [1.54, 1.807) is 0 Å². The van der Waals surface area contributed by atoms with Crippen LogP contribution in [0, 0.1) is 5.82 Å². The Hall–Kier alpha value is -1.66. The largest absolute Gasteiger partial charge is 0.369 e. The molecule has 0 radical (unpaired) electrons. The Morgan fingerprint density at radius 3 is 2.56 bits per heavy atom. The van der Waals surface area contributed by atoms with Crippen molar-refractivity contribution >= 4 is 11.6 Å². The minimum atomic E-state index is -0.275. The highest BCUT2D eigenvalue weighted by Gasteiger charge is 2.21. The van der Waals surface area contributed by atoms with Gasteiger partial charge in [-0.1, -0.05) is 6.92 Å². The van der Waals surface area contributed by atoms with Crippen LogP contribution >= 0.6 is 0 Å². The second kappa shape index (κ2) is 9.15. The summed E-state index contributed by atoms with van der Waals surface area (Å²) in [6.45, 7) is 10.8. The van der Waals surface area contributed by atoms with E-state index in [2.05, 4.69) is 22.0 Å². The number of hydrogen-bond donors (Lipinski definition) is 2. The summed E-state index contributed by atoms with van der Waals surface area (Å²) in [7, 11) is 0. The second-order valence-corrected chi connectivity index (χ2v) is 6.93. The standard InChI is InChI=1S/C19H31FN4O/c1-4-23-9-11-24(12-10-23)18-7-6-16(20)13-17(18)15(3)22-19(25)8-5-14(2)21/h6-7,13-15H,4-5,8-12,21H2,1-3H3,(H,22,25). The molecule has 1 heterocycles. The van der Waals surface area contributed by atoms with Gasteiger partial charge in [0.2, 0.25) is 5.91 Å². The van der Waals surface area contributed by atoms with Crippen LogP contribution in [0.4, 0.5) is 10.1 Å². The minimum Gasteiger partial charge on any atom is -0.369 e. The van der Waals surface area contributed by atoms with Crippen molar-refractivity contribution in [1.29, 1.82) is 0 Å². The molecular weight excluding hydrogens is 319 g/mol. The summed E-state index contributed by atoms with van der Waals surface area (Å²) >= 11 is 0. The van der Waals surface area contributed by atoms with Gasteiger partial charge in [-0.25, -0.2) is 4.39 Å². The van der Waals surface area contributed by atoms with Crippen LogP contribution in [0.25, 0.3) is 0 Å². The van der Waals surface area contributed by atoms with Crippen LogP contribution in [0.15, 0.2) is 18.2 Å². The molecule has 25 heavy (non-hydrogen) atoms. The number of hydrogen-bond acceptors (Lipinski definition) is 4. The molecule has 1 aromatic carbocycles. The lowest BCUT2D eigenvalue weighted by atomic mass is 10.0. The average Bonchev–Trinajstić information content (AvgIpc) is 2.60. The number of halogens is 1. The summed E-state index contributed by atoms with van der Waals surface area (Å²) in [5, 5.41) is 2.98. The average molecular weight is 350 g/mol. The van der Waals surface area contributed by atoms with Gasteiger partial charge in [0.05, 0.1) is 6.04 Å². The predicted molar refractivity (Wildman–Crippen MR) is 100 cm³/mol. The third-order valence-corrected chi connectivity index (χ3v) is 4.82. The third kappa shape index (κ3) is 5.68. The van der Waals surface area contributed by atoms with Crippen molar-refractivity contribution in [2.45, 2.75) is 45.7 Å². The van der Waals surface area contributed by atoms with Gasteiger partial charge >= 0.3 is 0 Å². The molecule has 1 saturated heterocycles. The highest BCUT2D eigenvalue weighted by atomic mass is 19.1. The van der Waals surface area contributed by atoms with E-state index in [-0.39, 0.29) is 23.8 Å². The lowest BCUT2D eigenvalue weighted by molar-refractivity contribution is -0.121. The molecule has 1 amide bonds. The molecule has 0 bridgehead atoms. The SMILES string of the molecule is CCN1CCN(c2ccc(F)cc2C(C)NC(=O)CCC(C)N)CC1. The minimum absolute atomic E-state index is 0.000600. The van der Waals surface area contributed by atoms with E-state index in [1.807, 2.05) is 19.9 Å². The predicted octanol–water partition coefficient (Wildman–Crippen LogP) is 2.27. The molecule has 0 saturated carbocycles. The molecule has 2 atom stereocenters. The monoisotopic (exact) mass is 350 g/mol. The van der Waals surface area contributed by atoms with Gasteiger partial charge in [0.15, 0.2) is 0 Å². The molecule has 0 aliphatic carbocycles. The number of amides is 1. The molecule has 140 valence electrons. The van der Waals surface area contributed by atoms with Gasteiger partial charge in [0.25, 0.3) is 0 Å². The molecule has 2 unspecified atom stereocenters. The molecule has 0 spiro atoms. The lowest BCUT2D eigenvalue weighted by Gasteiger charge is -2.37. The first kappa shape index (κ1) is 19.7. The first-order chi connectivity index (χ1) is 11.9. The van der Waals surface area contributed by atoms with Crippen LogP contribution in [-0.4, -0.2) is 49.6 Å². The van der Waals surface area contributed by atoms with Crippen molar-refractivity contribution < 1.29 is 9.18 Å². The summed E-state index contributed by atoms with van der Waals surface area (Å²) in [4.78, 5) is 16.8. The van der Waals surface area contributed by atoms with Crippen molar-refractivity contribution in [2.75, 3.05) is 37.6 Å². The Labute approximate surface area is 150 Å². The molecule has 6 heteroatoms. The molecule has 1 aliphatic heterocycles. The summed E-state index contributed by atoms with van der Waals surface area (Å²) in [6, 6.07) is 4.63. The molecule has 1 aliphatic rings. The molecule has 0 aromatic heterocycles. The fourth-order valence-electron chi connectivity index (χ4n) is 3.22. The van der Waals surface area contributed by atoms with Crippen LogP contribution < -0.4 is 16.0 Å². The topological polar surface area (TPSA) is 61.6 Å². The van der Waals surface area contributed by atoms with Crippen LogP contribution in [0.2, 0.25) is 0 Å². The van der Waals surface area contributed by atoms with Gasteiger partial charge in [-0.15, -0.1) is 0 Å². The van der Waals surface area contributed by atoms with Crippen LogP contribution in [0.1, 0.15) is 45.2 Å². The summed E-state index contributed by atoms with van der Waals surface area (Å²) in [6.07, 6.45) is 1.04. The molecule has 1 aromatic rings. The first-order valence-electron chi connectivity index (χ1n) is 9.22. The van der Waals surface area contributed by atoms with Gasteiger partial charge < -0.3 is 20.9 Å². The molecular formula is C19H31FN4O. The maximum atomic E-state index is 13.8. The van der Waals surface area contributed by atoms with Gasteiger partial charge in [0, 0.05) is 49.9 Å². The maximum absolute atomic E-state index is 13.8. The summed E-state index contributed by atoms with van der Waals surface area (Å²) < 4.78 is 13.8. The molecule has 3 N–H and O–H groups in total. The zero-order chi connectivity index (χ0) is 18.4. The van der Waals surface area contributed by atoms with Gasteiger partial charge in [-0.2, -0.15) is 0 Å². The van der Waals surface area contributed by atoms with Gasteiger partial charge in [0.1, 0.15) is 5.82 Å². The number of likely N-dealkylation sites (N-methyl/N-ethyl adjacent to an activating group) is 1. The fourth-order valence-corrected chi connectivity index (χ4v) is 3.22. The zero-order valence-corrected chi connectivity index (χ0v) is 15.6. The van der Waals surface area contributed by atoms with Crippen molar-refractivity contribution in [1.82, 2.24) is 10.2 Å². The van der Waals surface area contributed by atoms with E-state index < -0.39 is 0 Å². The van der Waals surface area contributed by atoms with Gasteiger partial charge in [-0.3, -0.25) is 4.79 Å². The van der Waals surface area contributed by atoms with Crippen LogP contribution in [0.5, 0.6) is 0 Å². The van der Waals surface area contributed by atoms with Crippen LogP contribution in [-0.2, 0) is 4.79 Å². The number of rotatable bonds is 7. The Morgan fingerprint density at radius 1 is 1.28 bits per heavy atom. The maximum Gasteiger partial charge on any atom is 0.220 e. The number of nitrogens with one attached hydrogen (secondary N) is 1. The fraction of sp³-hybridized carbons (Fsp3) is 0.632. The number of piperazine rings is 1. The number of carbonyl (C=O) groups excluding carboxylic acids is 1. The van der Waals surface area contributed by atoms with E-state index in [0.717, 1.165) is 44.0 Å². The molecule has 1 fully saturated rings. The smallest absolute Gasteiger partial charge is 0.220 e. The second-order valence-electron chi connectivity index (χ2n) is 6.93. The quantitative estimate of drug-likeness (QED) is 0.792. The van der Waals surface area contributed by atoms with E-state index >= 15 is 0 Å². The number of nitrogens with two attached hydrogens (primary N) is 1. The Bertz CT molecular complexity index is 571. The zero-order valence-electron chi connectivity index (χ0n) is 15.6. The van der Waals surface area contributed by atoms with E-state index in [9.17, 15) is 9.18 Å². The van der Waals surface area contributed by atoms with E-state index in [1.165, 1.54) is 12.1 Å². The third-order valence-electron chi connectivity index (χ3n) is 4.82.